The molecule has 0 aromatic rings. The molecule has 1 N–H and O–H groups in total. The zero-order chi connectivity index (χ0) is 12.0. The Labute approximate surface area is 98.2 Å². The van der Waals surface area contributed by atoms with E-state index in [1.165, 1.54) is 12.8 Å². The van der Waals surface area contributed by atoms with Crippen molar-refractivity contribution in [2.24, 2.45) is 17.8 Å². The molecule has 3 unspecified atom stereocenters. The van der Waals surface area contributed by atoms with E-state index in [1.807, 2.05) is 0 Å². The molecule has 0 aliphatic heterocycles. The largest absolute Gasteiger partial charge is 0.481 e. The van der Waals surface area contributed by atoms with E-state index >= 15 is 0 Å². The zero-order valence-corrected chi connectivity index (χ0v) is 10.4. The van der Waals surface area contributed by atoms with E-state index < -0.39 is 5.97 Å². The van der Waals surface area contributed by atoms with Crippen LogP contribution in [0.1, 0.15) is 45.4 Å². The van der Waals surface area contributed by atoms with Crippen molar-refractivity contribution in [3.63, 3.8) is 0 Å². The molecule has 16 heavy (non-hydrogen) atoms. The van der Waals surface area contributed by atoms with Crippen LogP contribution in [0.2, 0.25) is 0 Å². The lowest BCUT2D eigenvalue weighted by Crippen LogP contribution is -2.28. The average Bonchev–Trinajstić information content (AvgIpc) is 2.50. The van der Waals surface area contributed by atoms with Crippen LogP contribution in [-0.4, -0.2) is 24.8 Å². The molecule has 1 aliphatic rings. The van der Waals surface area contributed by atoms with Crippen LogP contribution >= 0.6 is 0 Å². The van der Waals surface area contributed by atoms with Gasteiger partial charge in [-0.25, -0.2) is 0 Å². The predicted molar refractivity (Wildman–Crippen MR) is 63.4 cm³/mol. The summed E-state index contributed by atoms with van der Waals surface area (Å²) in [6.07, 6.45) is 6.36. The van der Waals surface area contributed by atoms with Crippen LogP contribution in [0, 0.1) is 17.8 Å². The molecule has 0 aromatic heterocycles. The van der Waals surface area contributed by atoms with E-state index in [1.54, 1.807) is 7.11 Å². The predicted octanol–water partition coefficient (Wildman–Crippen LogP) is 2.94. The third-order valence-electron chi connectivity index (χ3n) is 3.89. The van der Waals surface area contributed by atoms with Crippen molar-refractivity contribution in [3.8, 4) is 0 Å². The maximum Gasteiger partial charge on any atom is 0.306 e. The summed E-state index contributed by atoms with van der Waals surface area (Å²) in [6, 6.07) is 0. The topological polar surface area (TPSA) is 46.5 Å². The molecule has 3 atom stereocenters. The summed E-state index contributed by atoms with van der Waals surface area (Å²) >= 11 is 0. The lowest BCUT2D eigenvalue weighted by molar-refractivity contribution is -0.144. The average molecular weight is 228 g/mol. The van der Waals surface area contributed by atoms with Crippen molar-refractivity contribution in [3.05, 3.63) is 0 Å². The standard InChI is InChI=1S/C13H24O3/c1-10(8-9-16-2)11-6-4-3-5-7-12(11)13(14)15/h10-12H,3-9H2,1-2H3,(H,14,15). The molecule has 3 heteroatoms. The maximum atomic E-state index is 11.3. The van der Waals surface area contributed by atoms with E-state index in [0.29, 0.717) is 11.8 Å². The fourth-order valence-corrected chi connectivity index (χ4v) is 2.84. The Bertz CT molecular complexity index is 215. The Kier molecular flexibility index (Phi) is 5.81. The van der Waals surface area contributed by atoms with Crippen LogP contribution in [0.4, 0.5) is 0 Å². The van der Waals surface area contributed by atoms with Gasteiger partial charge in [-0.3, -0.25) is 4.79 Å². The minimum absolute atomic E-state index is 0.130. The fraction of sp³-hybridized carbons (Fsp3) is 0.923. The molecule has 0 bridgehead atoms. The number of aliphatic carboxylic acids is 1. The third-order valence-corrected chi connectivity index (χ3v) is 3.89. The summed E-state index contributed by atoms with van der Waals surface area (Å²) in [7, 11) is 1.70. The first-order chi connectivity index (χ1) is 7.66. The molecule has 0 amide bonds. The first-order valence-corrected chi connectivity index (χ1v) is 6.38. The Morgan fingerprint density at radius 3 is 2.69 bits per heavy atom. The molecule has 1 saturated carbocycles. The number of carboxylic acid groups (broad SMARTS) is 1. The maximum absolute atomic E-state index is 11.3. The summed E-state index contributed by atoms with van der Waals surface area (Å²) in [4.78, 5) is 11.3. The molecule has 94 valence electrons. The van der Waals surface area contributed by atoms with Crippen LogP contribution in [0.25, 0.3) is 0 Å². The first kappa shape index (κ1) is 13.5. The van der Waals surface area contributed by atoms with Crippen LogP contribution in [0.15, 0.2) is 0 Å². The van der Waals surface area contributed by atoms with E-state index in [0.717, 1.165) is 32.3 Å². The molecular formula is C13H24O3. The molecule has 1 rings (SSSR count). The number of hydrogen-bond donors (Lipinski definition) is 1. The number of ether oxygens (including phenoxy) is 1. The highest BCUT2D eigenvalue weighted by Crippen LogP contribution is 2.35. The highest BCUT2D eigenvalue weighted by atomic mass is 16.5. The van der Waals surface area contributed by atoms with Gasteiger partial charge in [-0.15, -0.1) is 0 Å². The van der Waals surface area contributed by atoms with Crippen molar-refractivity contribution in [2.75, 3.05) is 13.7 Å². The summed E-state index contributed by atoms with van der Waals surface area (Å²) in [5.41, 5.74) is 0. The molecule has 0 spiro atoms. The summed E-state index contributed by atoms with van der Waals surface area (Å²) in [6.45, 7) is 2.91. The van der Waals surface area contributed by atoms with Gasteiger partial charge in [0.25, 0.3) is 0 Å². The SMILES string of the molecule is COCCC(C)C1CCCCCC1C(=O)O. The Morgan fingerprint density at radius 2 is 2.06 bits per heavy atom. The highest BCUT2D eigenvalue weighted by molar-refractivity contribution is 5.70. The second-order valence-corrected chi connectivity index (χ2v) is 5.01. The summed E-state index contributed by atoms with van der Waals surface area (Å²) < 4.78 is 5.08. The molecular weight excluding hydrogens is 204 g/mol. The lowest BCUT2D eigenvalue weighted by atomic mass is 9.78. The van der Waals surface area contributed by atoms with E-state index in [-0.39, 0.29) is 5.92 Å². The van der Waals surface area contributed by atoms with Crippen LogP contribution in [-0.2, 0) is 9.53 Å². The number of hydrogen-bond acceptors (Lipinski definition) is 2. The Morgan fingerprint density at radius 1 is 1.38 bits per heavy atom. The number of carboxylic acids is 1. The second-order valence-electron chi connectivity index (χ2n) is 5.01. The molecule has 1 aliphatic carbocycles. The minimum atomic E-state index is -0.601. The normalized spacial score (nSPS) is 28.4. The Hall–Kier alpha value is -0.570. The van der Waals surface area contributed by atoms with Crippen molar-refractivity contribution in [1.82, 2.24) is 0 Å². The number of methoxy groups -OCH3 is 1. The third kappa shape index (κ3) is 3.78. The molecule has 3 nitrogen and oxygen atoms in total. The van der Waals surface area contributed by atoms with E-state index in [2.05, 4.69) is 6.92 Å². The fourth-order valence-electron chi connectivity index (χ4n) is 2.84. The summed E-state index contributed by atoms with van der Waals surface area (Å²) in [5.74, 6) is 0.0693. The van der Waals surface area contributed by atoms with Crippen molar-refractivity contribution < 1.29 is 14.6 Å². The van der Waals surface area contributed by atoms with Gasteiger partial charge in [0.1, 0.15) is 0 Å². The summed E-state index contributed by atoms with van der Waals surface area (Å²) in [5, 5.41) is 9.28. The zero-order valence-electron chi connectivity index (χ0n) is 10.4. The van der Waals surface area contributed by atoms with Crippen LogP contribution in [0.3, 0.4) is 0 Å². The smallest absolute Gasteiger partial charge is 0.306 e. The van der Waals surface area contributed by atoms with Gasteiger partial charge >= 0.3 is 5.97 Å². The molecule has 0 radical (unpaired) electrons. The monoisotopic (exact) mass is 228 g/mol. The van der Waals surface area contributed by atoms with Crippen molar-refractivity contribution in [2.45, 2.75) is 45.4 Å². The minimum Gasteiger partial charge on any atom is -0.481 e. The van der Waals surface area contributed by atoms with Crippen molar-refractivity contribution in [1.29, 1.82) is 0 Å². The van der Waals surface area contributed by atoms with Crippen LogP contribution in [0.5, 0.6) is 0 Å². The Balaban J connectivity index is 2.59. The van der Waals surface area contributed by atoms with E-state index in [9.17, 15) is 9.90 Å². The molecule has 0 heterocycles. The lowest BCUT2D eigenvalue weighted by Gasteiger charge is -2.27. The molecule has 0 aromatic carbocycles. The van der Waals surface area contributed by atoms with Gasteiger partial charge in [-0.05, 0) is 31.1 Å². The van der Waals surface area contributed by atoms with Gasteiger partial charge in [0.15, 0.2) is 0 Å². The first-order valence-electron chi connectivity index (χ1n) is 6.38. The van der Waals surface area contributed by atoms with Gasteiger partial charge in [0, 0.05) is 13.7 Å². The van der Waals surface area contributed by atoms with Gasteiger partial charge in [-0.2, -0.15) is 0 Å². The number of rotatable bonds is 5. The second kappa shape index (κ2) is 6.89. The van der Waals surface area contributed by atoms with Gasteiger partial charge in [0.05, 0.1) is 5.92 Å². The molecule has 1 fully saturated rings. The van der Waals surface area contributed by atoms with Gasteiger partial charge in [0.2, 0.25) is 0 Å². The van der Waals surface area contributed by atoms with Gasteiger partial charge in [-0.1, -0.05) is 26.2 Å². The van der Waals surface area contributed by atoms with E-state index in [4.69, 9.17) is 4.74 Å². The van der Waals surface area contributed by atoms with Gasteiger partial charge < -0.3 is 9.84 Å². The number of carbonyl (C=O) groups is 1. The highest BCUT2D eigenvalue weighted by Gasteiger charge is 2.32. The molecule has 0 saturated heterocycles. The van der Waals surface area contributed by atoms with Crippen LogP contribution < -0.4 is 0 Å². The van der Waals surface area contributed by atoms with Crippen molar-refractivity contribution >= 4 is 5.97 Å². The quantitative estimate of drug-likeness (QED) is 0.736.